The normalized spacial score (nSPS) is 20.5. The summed E-state index contributed by atoms with van der Waals surface area (Å²) in [6.45, 7) is 21.6. The minimum atomic E-state index is -1.96. The number of ether oxygens (including phenoxy) is 1. The van der Waals surface area contributed by atoms with Gasteiger partial charge >= 0.3 is 0 Å². The fourth-order valence-electron chi connectivity index (χ4n) is 5.95. The summed E-state index contributed by atoms with van der Waals surface area (Å²) >= 11 is 1.27. The Morgan fingerprint density at radius 2 is 1.67 bits per heavy atom. The van der Waals surface area contributed by atoms with Gasteiger partial charge in [0.25, 0.3) is 5.88 Å². The molecule has 0 radical (unpaired) electrons. The fourth-order valence-corrected chi connectivity index (χ4v) is 12.2. The molecule has 0 aromatic carbocycles. The van der Waals surface area contributed by atoms with Gasteiger partial charge in [0.15, 0.2) is 6.23 Å². The summed E-state index contributed by atoms with van der Waals surface area (Å²) in [6.07, 6.45) is 9.42. The van der Waals surface area contributed by atoms with Gasteiger partial charge in [0.05, 0.1) is 31.9 Å². The number of rotatable bonds is 14. The number of hydrogen-bond donors (Lipinski definition) is 0. The fraction of sp³-hybridized carbons (Fsp3) is 0.846. The molecule has 7 heteroatoms. The number of nitrogens with zero attached hydrogens (tertiary/aromatic N) is 3. The van der Waals surface area contributed by atoms with Gasteiger partial charge in [-0.25, -0.2) is 0 Å². The van der Waals surface area contributed by atoms with Crippen molar-refractivity contribution in [1.29, 1.82) is 0 Å². The third-order valence-electron chi connectivity index (χ3n) is 7.65. The highest BCUT2D eigenvalue weighted by atomic mass is 32.1. The quantitative estimate of drug-likeness (QED) is 0.151. The third-order valence-corrected chi connectivity index (χ3v) is 14.3. The summed E-state index contributed by atoms with van der Waals surface area (Å²) in [7, 11) is 0.425. The van der Waals surface area contributed by atoms with Crippen LogP contribution >= 0.6 is 11.7 Å². The van der Waals surface area contributed by atoms with Gasteiger partial charge in [-0.15, -0.1) is 4.37 Å². The van der Waals surface area contributed by atoms with Crippen LogP contribution in [0.5, 0.6) is 5.88 Å². The molecule has 0 N–H and O–H groups in total. The molecule has 1 aromatic rings. The molecule has 0 aliphatic carbocycles. The van der Waals surface area contributed by atoms with E-state index in [0.717, 1.165) is 55.0 Å². The van der Waals surface area contributed by atoms with Crippen LogP contribution in [0.15, 0.2) is 6.08 Å². The minimum absolute atomic E-state index is 0.206. The van der Waals surface area contributed by atoms with Gasteiger partial charge in [-0.1, -0.05) is 80.7 Å². The molecule has 0 saturated carbocycles. The van der Waals surface area contributed by atoms with Crippen molar-refractivity contribution in [2.24, 2.45) is 0 Å². The first-order valence-electron chi connectivity index (χ1n) is 13.3. The molecule has 33 heavy (non-hydrogen) atoms. The molecule has 1 aliphatic heterocycles. The smallest absolute Gasteiger partial charge is 0.253 e. The van der Waals surface area contributed by atoms with E-state index in [-0.39, 0.29) is 6.23 Å². The third kappa shape index (κ3) is 6.68. The maximum absolute atomic E-state index is 7.33. The minimum Gasteiger partial charge on any atom is -0.475 e. The maximum atomic E-state index is 7.33. The molecule has 0 amide bonds. The molecule has 2 heterocycles. The molecule has 1 aromatic heterocycles. The van der Waals surface area contributed by atoms with Gasteiger partial charge in [0, 0.05) is 18.4 Å². The molecular formula is C26H50N3O2SSi+. The molecule has 0 bridgehead atoms. The van der Waals surface area contributed by atoms with Crippen LogP contribution in [-0.4, -0.2) is 54.5 Å². The van der Waals surface area contributed by atoms with Crippen molar-refractivity contribution >= 4 is 25.6 Å². The summed E-state index contributed by atoms with van der Waals surface area (Å²) < 4.78 is 23.5. The molecule has 1 aliphatic rings. The Balaban J connectivity index is 2.20. The zero-order valence-electron chi connectivity index (χ0n) is 22.8. The lowest BCUT2D eigenvalue weighted by Gasteiger charge is -2.50. The van der Waals surface area contributed by atoms with E-state index in [0.29, 0.717) is 16.6 Å². The molecule has 0 spiro atoms. The highest BCUT2D eigenvalue weighted by Crippen LogP contribution is 2.45. The van der Waals surface area contributed by atoms with Crippen LogP contribution in [0.3, 0.4) is 0 Å². The number of likely N-dealkylation sites (N-methyl/N-ethyl adjacent to an activating group) is 1. The van der Waals surface area contributed by atoms with Crippen molar-refractivity contribution < 1.29 is 13.6 Å². The molecule has 2 rings (SSSR count). The standard InChI is InChI=1S/C26H50N3O2SSi/c1-10-12-13-14-18-30-26-25(27-32-28-26)23-16-15-17-29(9,19-23)24(11-2)31-33(20(3)4,21(5)6)22(7)8/h16,20-22,24H,10-15,17-19H2,1-9H3/q+1. The zero-order chi connectivity index (χ0) is 24.6. The van der Waals surface area contributed by atoms with Crippen LogP contribution in [0.25, 0.3) is 5.57 Å². The molecule has 0 fully saturated rings. The van der Waals surface area contributed by atoms with Crippen LogP contribution in [-0.2, 0) is 4.43 Å². The Morgan fingerprint density at radius 1 is 1.00 bits per heavy atom. The van der Waals surface area contributed by atoms with E-state index in [2.05, 4.69) is 77.3 Å². The van der Waals surface area contributed by atoms with Crippen LogP contribution in [0, 0.1) is 0 Å². The first kappa shape index (κ1) is 28.5. The second-order valence-corrected chi connectivity index (χ2v) is 16.9. The van der Waals surface area contributed by atoms with Gasteiger partial charge in [-0.2, -0.15) is 4.37 Å². The topological polar surface area (TPSA) is 44.2 Å². The van der Waals surface area contributed by atoms with Crippen molar-refractivity contribution in [2.45, 2.75) is 117 Å². The van der Waals surface area contributed by atoms with E-state index in [1.807, 2.05) is 0 Å². The lowest BCUT2D eigenvalue weighted by Crippen LogP contribution is -2.61. The first-order valence-corrected chi connectivity index (χ1v) is 16.2. The molecular weight excluding hydrogens is 446 g/mol. The zero-order valence-corrected chi connectivity index (χ0v) is 24.6. The van der Waals surface area contributed by atoms with E-state index < -0.39 is 8.32 Å². The highest BCUT2D eigenvalue weighted by Gasteiger charge is 2.50. The number of unbranched alkanes of at least 4 members (excludes halogenated alkanes) is 3. The largest absolute Gasteiger partial charge is 0.475 e. The second kappa shape index (κ2) is 12.8. The first-order chi connectivity index (χ1) is 15.6. The molecule has 2 unspecified atom stereocenters. The monoisotopic (exact) mass is 496 g/mol. The number of aromatic nitrogens is 2. The average Bonchev–Trinajstić information content (AvgIpc) is 3.22. The lowest BCUT2D eigenvalue weighted by atomic mass is 10.0. The van der Waals surface area contributed by atoms with E-state index in [1.165, 1.54) is 36.6 Å². The van der Waals surface area contributed by atoms with Crippen LogP contribution in [0.1, 0.15) is 99.6 Å². The van der Waals surface area contributed by atoms with Crippen molar-refractivity contribution in [2.75, 3.05) is 26.7 Å². The summed E-state index contributed by atoms with van der Waals surface area (Å²) in [4.78, 5) is 0. The Morgan fingerprint density at radius 3 is 2.24 bits per heavy atom. The summed E-state index contributed by atoms with van der Waals surface area (Å²) in [5, 5.41) is 0. The van der Waals surface area contributed by atoms with Gasteiger partial charge in [-0.3, -0.25) is 4.48 Å². The van der Waals surface area contributed by atoms with Crippen LogP contribution in [0.4, 0.5) is 0 Å². The molecule has 2 atom stereocenters. The van der Waals surface area contributed by atoms with Crippen molar-refractivity contribution in [1.82, 2.24) is 8.75 Å². The van der Waals surface area contributed by atoms with Crippen LogP contribution < -0.4 is 4.74 Å². The summed E-state index contributed by atoms with van der Waals surface area (Å²) in [6, 6.07) is 0. The Labute approximate surface area is 209 Å². The molecule has 5 nitrogen and oxygen atoms in total. The molecule has 190 valence electrons. The van der Waals surface area contributed by atoms with Gasteiger partial charge in [-0.05, 0) is 23.0 Å². The van der Waals surface area contributed by atoms with Gasteiger partial charge in [0.1, 0.15) is 12.2 Å². The Hall–Kier alpha value is -0.763. The second-order valence-electron chi connectivity index (χ2n) is 11.0. The summed E-state index contributed by atoms with van der Waals surface area (Å²) in [5.74, 6) is 0.723. The number of quaternary nitrogens is 1. The van der Waals surface area contributed by atoms with Gasteiger partial charge in [0.2, 0.25) is 8.32 Å². The predicted molar refractivity (Wildman–Crippen MR) is 144 cm³/mol. The predicted octanol–water partition coefficient (Wildman–Crippen LogP) is 7.66. The summed E-state index contributed by atoms with van der Waals surface area (Å²) in [5.41, 5.74) is 4.00. The average molecular weight is 497 g/mol. The van der Waals surface area contributed by atoms with E-state index >= 15 is 0 Å². The van der Waals surface area contributed by atoms with Crippen LogP contribution in [0.2, 0.25) is 16.6 Å². The number of hydrogen-bond acceptors (Lipinski definition) is 5. The van der Waals surface area contributed by atoms with E-state index in [4.69, 9.17) is 9.16 Å². The Bertz CT molecular complexity index is 728. The van der Waals surface area contributed by atoms with Gasteiger partial charge < -0.3 is 9.16 Å². The van der Waals surface area contributed by atoms with Crippen molar-refractivity contribution in [3.8, 4) is 5.88 Å². The van der Waals surface area contributed by atoms with Crippen molar-refractivity contribution in [3.63, 3.8) is 0 Å². The Kier molecular flexibility index (Phi) is 11.0. The highest BCUT2D eigenvalue weighted by molar-refractivity contribution is 6.99. The lowest BCUT2D eigenvalue weighted by molar-refractivity contribution is -0.946. The SMILES string of the molecule is CCCCCCOc1nsnc1C1=CCC[N+](C)(C(CC)O[Si](C(C)C)(C(C)C)C(C)C)C1. The molecule has 0 saturated heterocycles. The van der Waals surface area contributed by atoms with E-state index in [9.17, 15) is 0 Å². The maximum Gasteiger partial charge on any atom is 0.253 e. The van der Waals surface area contributed by atoms with E-state index in [1.54, 1.807) is 0 Å². The van der Waals surface area contributed by atoms with Crippen molar-refractivity contribution in [3.05, 3.63) is 11.8 Å².